The molecule has 146 valence electrons. The summed E-state index contributed by atoms with van der Waals surface area (Å²) in [5, 5.41) is 4.71. The van der Waals surface area contributed by atoms with Gasteiger partial charge in [0.2, 0.25) is 0 Å². The number of carbonyl (C=O) groups is 3. The molecule has 29 heavy (non-hydrogen) atoms. The van der Waals surface area contributed by atoms with Crippen molar-refractivity contribution in [2.24, 2.45) is 0 Å². The molecule has 0 spiro atoms. The van der Waals surface area contributed by atoms with Crippen LogP contribution in [0.25, 0.3) is 5.69 Å². The maximum atomic E-state index is 12.8. The lowest BCUT2D eigenvalue weighted by Crippen LogP contribution is -2.32. The molecule has 8 heteroatoms. The number of hydrogen-bond acceptors (Lipinski definition) is 4. The molecule has 0 radical (unpaired) electrons. The van der Waals surface area contributed by atoms with E-state index in [4.69, 9.17) is 11.6 Å². The second kappa shape index (κ2) is 7.52. The van der Waals surface area contributed by atoms with E-state index in [9.17, 15) is 14.4 Å². The van der Waals surface area contributed by atoms with Crippen LogP contribution in [0.1, 0.15) is 16.8 Å². The second-order valence-corrected chi connectivity index (χ2v) is 7.01. The van der Waals surface area contributed by atoms with Gasteiger partial charge >= 0.3 is 17.8 Å². The van der Waals surface area contributed by atoms with E-state index in [1.807, 2.05) is 36.4 Å². The number of benzene rings is 2. The summed E-state index contributed by atoms with van der Waals surface area (Å²) in [6, 6.07) is 17.7. The Hall–Kier alpha value is -3.45. The predicted molar refractivity (Wildman–Crippen MR) is 106 cm³/mol. The topological polar surface area (TPSA) is 75.5 Å². The van der Waals surface area contributed by atoms with Gasteiger partial charge in [0, 0.05) is 5.56 Å². The Kier molecular flexibility index (Phi) is 4.90. The van der Waals surface area contributed by atoms with Gasteiger partial charge in [-0.1, -0.05) is 60.1 Å². The van der Waals surface area contributed by atoms with Gasteiger partial charge in [0.25, 0.3) is 0 Å². The van der Waals surface area contributed by atoms with E-state index in [1.165, 1.54) is 0 Å². The standard InChI is InChI=1S/C21H17ClN4O3/c1-14-17(18(22)26(23-14)16-10-6-3-7-11-16)13-25-20(28)19(27)24(21(25)29)12-15-8-4-2-5-9-15/h2-11H,12-13H2,1H3. The third kappa shape index (κ3) is 3.40. The molecule has 0 N–H and O–H groups in total. The average Bonchev–Trinajstić information content (AvgIpc) is 3.13. The fraction of sp³-hybridized carbons (Fsp3) is 0.143. The molecule has 1 saturated heterocycles. The maximum absolute atomic E-state index is 12.8. The number of urea groups is 1. The van der Waals surface area contributed by atoms with Crippen molar-refractivity contribution in [1.29, 1.82) is 0 Å². The fourth-order valence-electron chi connectivity index (χ4n) is 3.20. The molecule has 1 fully saturated rings. The molecule has 4 amide bonds. The number of halogens is 1. The van der Waals surface area contributed by atoms with Crippen LogP contribution < -0.4 is 0 Å². The first kappa shape index (κ1) is 18.9. The minimum absolute atomic E-state index is 0.0384. The Bertz CT molecular complexity index is 1100. The Morgan fingerprint density at radius 3 is 2.00 bits per heavy atom. The normalized spacial score (nSPS) is 14.2. The SMILES string of the molecule is Cc1nn(-c2ccccc2)c(Cl)c1CN1C(=O)C(=O)N(Cc2ccccc2)C1=O. The molecule has 0 bridgehead atoms. The van der Waals surface area contributed by atoms with Crippen molar-refractivity contribution < 1.29 is 14.4 Å². The molecule has 0 saturated carbocycles. The molecular formula is C21H17ClN4O3. The van der Waals surface area contributed by atoms with Crippen LogP contribution in [0.2, 0.25) is 5.15 Å². The van der Waals surface area contributed by atoms with Gasteiger partial charge in [-0.05, 0) is 24.6 Å². The summed E-state index contributed by atoms with van der Waals surface area (Å²) >= 11 is 6.49. The third-order valence-corrected chi connectivity index (χ3v) is 5.15. The second-order valence-electron chi connectivity index (χ2n) is 6.65. The summed E-state index contributed by atoms with van der Waals surface area (Å²) in [4.78, 5) is 39.5. The van der Waals surface area contributed by atoms with Crippen LogP contribution in [0.5, 0.6) is 0 Å². The molecule has 0 unspecified atom stereocenters. The Morgan fingerprint density at radius 2 is 1.38 bits per heavy atom. The van der Waals surface area contributed by atoms with E-state index in [-0.39, 0.29) is 13.1 Å². The van der Waals surface area contributed by atoms with E-state index >= 15 is 0 Å². The molecule has 1 aromatic heterocycles. The van der Waals surface area contributed by atoms with Crippen LogP contribution in [0.3, 0.4) is 0 Å². The number of rotatable bonds is 5. The number of carbonyl (C=O) groups excluding carboxylic acids is 3. The number of hydrogen-bond donors (Lipinski definition) is 0. The van der Waals surface area contributed by atoms with Crippen molar-refractivity contribution in [1.82, 2.24) is 19.6 Å². The molecular weight excluding hydrogens is 392 g/mol. The monoisotopic (exact) mass is 408 g/mol. The number of amides is 4. The lowest BCUT2D eigenvalue weighted by molar-refractivity contribution is -0.143. The van der Waals surface area contributed by atoms with Crippen LogP contribution >= 0.6 is 11.6 Å². The van der Waals surface area contributed by atoms with E-state index in [0.717, 1.165) is 21.1 Å². The predicted octanol–water partition coefficient (Wildman–Crippen LogP) is 3.33. The largest absolute Gasteiger partial charge is 0.334 e. The minimum Gasteiger partial charge on any atom is -0.263 e. The summed E-state index contributed by atoms with van der Waals surface area (Å²) in [7, 11) is 0. The molecule has 3 aromatic rings. The highest BCUT2D eigenvalue weighted by atomic mass is 35.5. The van der Waals surface area contributed by atoms with Crippen LogP contribution in [0.15, 0.2) is 60.7 Å². The van der Waals surface area contributed by atoms with Crippen LogP contribution in [0, 0.1) is 6.92 Å². The molecule has 1 aliphatic rings. The van der Waals surface area contributed by atoms with Gasteiger partial charge in [0.1, 0.15) is 5.15 Å². The summed E-state index contributed by atoms with van der Waals surface area (Å²) in [5.74, 6) is -1.71. The van der Waals surface area contributed by atoms with Crippen molar-refractivity contribution >= 4 is 29.4 Å². The lowest BCUT2D eigenvalue weighted by Gasteiger charge is -2.15. The van der Waals surface area contributed by atoms with Crippen molar-refractivity contribution in [3.8, 4) is 5.69 Å². The summed E-state index contributed by atoms with van der Waals surface area (Å²) in [6.45, 7) is 1.66. The lowest BCUT2D eigenvalue weighted by atomic mass is 10.2. The molecule has 0 aliphatic carbocycles. The summed E-state index contributed by atoms with van der Waals surface area (Å²) in [5.41, 5.74) is 2.61. The zero-order chi connectivity index (χ0) is 20.5. The highest BCUT2D eigenvalue weighted by Gasteiger charge is 2.44. The van der Waals surface area contributed by atoms with Crippen LogP contribution in [0.4, 0.5) is 4.79 Å². The van der Waals surface area contributed by atoms with Crippen LogP contribution in [-0.4, -0.2) is 37.4 Å². The van der Waals surface area contributed by atoms with E-state index in [1.54, 1.807) is 35.9 Å². The highest BCUT2D eigenvalue weighted by molar-refractivity contribution is 6.44. The van der Waals surface area contributed by atoms with Gasteiger partial charge in [0.15, 0.2) is 0 Å². The Morgan fingerprint density at radius 1 is 0.828 bits per heavy atom. The Balaban J connectivity index is 1.60. The number of imide groups is 2. The van der Waals surface area contributed by atoms with Crippen molar-refractivity contribution in [2.75, 3.05) is 0 Å². The Labute approximate surface area is 172 Å². The third-order valence-electron chi connectivity index (χ3n) is 4.76. The van der Waals surface area contributed by atoms with Crippen molar-refractivity contribution in [3.05, 3.63) is 82.6 Å². The van der Waals surface area contributed by atoms with Gasteiger partial charge in [-0.15, -0.1) is 0 Å². The average molecular weight is 409 g/mol. The van der Waals surface area contributed by atoms with Crippen molar-refractivity contribution in [2.45, 2.75) is 20.0 Å². The van der Waals surface area contributed by atoms with Gasteiger partial charge in [-0.2, -0.15) is 5.10 Å². The number of aromatic nitrogens is 2. The summed E-state index contributed by atoms with van der Waals surface area (Å²) < 4.78 is 1.54. The zero-order valence-electron chi connectivity index (χ0n) is 15.6. The molecule has 1 aliphatic heterocycles. The molecule has 7 nitrogen and oxygen atoms in total. The number of aryl methyl sites for hydroxylation is 1. The van der Waals surface area contributed by atoms with E-state index < -0.39 is 17.8 Å². The van der Waals surface area contributed by atoms with Gasteiger partial charge in [-0.25, -0.2) is 9.48 Å². The van der Waals surface area contributed by atoms with Gasteiger partial charge < -0.3 is 0 Å². The highest BCUT2D eigenvalue weighted by Crippen LogP contribution is 2.27. The smallest absolute Gasteiger partial charge is 0.263 e. The van der Waals surface area contributed by atoms with E-state index in [2.05, 4.69) is 5.10 Å². The molecule has 2 aromatic carbocycles. The maximum Gasteiger partial charge on any atom is 0.334 e. The number of nitrogens with zero attached hydrogens (tertiary/aromatic N) is 4. The zero-order valence-corrected chi connectivity index (χ0v) is 16.3. The fourth-order valence-corrected chi connectivity index (χ4v) is 3.54. The first-order valence-electron chi connectivity index (χ1n) is 8.98. The molecule has 2 heterocycles. The minimum atomic E-state index is -0.867. The first-order valence-corrected chi connectivity index (χ1v) is 9.36. The summed E-state index contributed by atoms with van der Waals surface area (Å²) in [6.07, 6.45) is 0. The molecule has 4 rings (SSSR count). The number of para-hydroxylation sites is 1. The molecule has 0 atom stereocenters. The van der Waals surface area contributed by atoms with Crippen molar-refractivity contribution in [3.63, 3.8) is 0 Å². The first-order chi connectivity index (χ1) is 14.0. The van der Waals surface area contributed by atoms with Gasteiger partial charge in [-0.3, -0.25) is 19.4 Å². The van der Waals surface area contributed by atoms with E-state index in [0.29, 0.717) is 16.4 Å². The van der Waals surface area contributed by atoms with Gasteiger partial charge in [0.05, 0.1) is 24.5 Å². The quantitative estimate of drug-likeness (QED) is 0.479. The van der Waals surface area contributed by atoms with Crippen LogP contribution in [-0.2, 0) is 22.7 Å².